The maximum absolute atomic E-state index is 13.1. The summed E-state index contributed by atoms with van der Waals surface area (Å²) >= 11 is 0. The predicted octanol–water partition coefficient (Wildman–Crippen LogP) is 4.25. The van der Waals surface area contributed by atoms with Crippen molar-refractivity contribution in [2.45, 2.75) is 69.3 Å². The molecule has 42 heavy (non-hydrogen) atoms. The summed E-state index contributed by atoms with van der Waals surface area (Å²) in [6, 6.07) is 8.37. The summed E-state index contributed by atoms with van der Waals surface area (Å²) in [5, 5.41) is 4.36. The number of sulfone groups is 1. The van der Waals surface area contributed by atoms with Gasteiger partial charge in [0.1, 0.15) is 9.84 Å². The number of fused-ring (bicyclic) bond motifs is 1. The molecule has 2 saturated heterocycles. The van der Waals surface area contributed by atoms with Gasteiger partial charge in [-0.25, -0.2) is 18.4 Å². The second-order valence-corrected chi connectivity index (χ2v) is 14.4. The number of carbonyl (C=O) groups is 1. The second kappa shape index (κ2) is 12.2. The smallest absolute Gasteiger partial charge is 0.225 e. The number of piperidine rings is 1. The number of rotatable bonds is 8. The summed E-state index contributed by atoms with van der Waals surface area (Å²) in [7, 11) is -3.03. The Hall–Kier alpha value is -3.18. The van der Waals surface area contributed by atoms with Gasteiger partial charge in [0.25, 0.3) is 0 Å². The third-order valence-corrected chi connectivity index (χ3v) is 11.0. The average Bonchev–Trinajstić information content (AvgIpc) is 3.65. The molecule has 2 aliphatic heterocycles. The number of ether oxygens (including phenoxy) is 1. The van der Waals surface area contributed by atoms with Crippen molar-refractivity contribution in [3.05, 3.63) is 36.7 Å². The minimum Gasteiger partial charge on any atom is -0.377 e. The van der Waals surface area contributed by atoms with E-state index in [1.165, 1.54) is 6.26 Å². The van der Waals surface area contributed by atoms with Crippen molar-refractivity contribution in [2.75, 3.05) is 49.3 Å². The van der Waals surface area contributed by atoms with Gasteiger partial charge in [-0.3, -0.25) is 4.79 Å². The molecule has 0 unspecified atom stereocenters. The van der Waals surface area contributed by atoms with E-state index in [-0.39, 0.29) is 29.2 Å². The van der Waals surface area contributed by atoms with E-state index in [9.17, 15) is 13.2 Å². The Morgan fingerprint density at radius 3 is 2.60 bits per heavy atom. The fourth-order valence-electron chi connectivity index (χ4n) is 6.96. The Morgan fingerprint density at radius 1 is 1.07 bits per heavy atom. The summed E-state index contributed by atoms with van der Waals surface area (Å²) in [4.78, 5) is 30.2. The molecule has 10 nitrogen and oxygen atoms in total. The van der Waals surface area contributed by atoms with Crippen LogP contribution in [0.3, 0.4) is 0 Å². The zero-order chi connectivity index (χ0) is 29.3. The van der Waals surface area contributed by atoms with Crippen LogP contribution in [0.15, 0.2) is 36.7 Å². The summed E-state index contributed by atoms with van der Waals surface area (Å²) in [5.74, 6) is 0.967. The van der Waals surface area contributed by atoms with Crippen molar-refractivity contribution in [3.63, 3.8) is 0 Å². The van der Waals surface area contributed by atoms with Crippen molar-refractivity contribution in [2.24, 2.45) is 5.92 Å². The van der Waals surface area contributed by atoms with Gasteiger partial charge in [0.15, 0.2) is 0 Å². The first-order chi connectivity index (χ1) is 20.3. The third-order valence-electron chi connectivity index (χ3n) is 9.27. The molecule has 1 amide bonds. The number of aromatic nitrogens is 3. The highest BCUT2D eigenvalue weighted by molar-refractivity contribution is 7.91. The SMILES string of the molecule is CCO[C@@H]1CCN(C(=O)C2CCC(Nc3nccc(-c4c[nH]c5cccc(N6CCC(S(C)(=O)=O)CC6)c45)n3)CC2)C1. The van der Waals surface area contributed by atoms with Crippen LogP contribution in [0.1, 0.15) is 51.9 Å². The van der Waals surface area contributed by atoms with Crippen LogP contribution in [0.5, 0.6) is 0 Å². The molecule has 2 aromatic heterocycles. The fourth-order valence-corrected chi connectivity index (χ4v) is 8.03. The van der Waals surface area contributed by atoms with Gasteiger partial charge >= 0.3 is 0 Å². The van der Waals surface area contributed by atoms with Crippen molar-refractivity contribution in [1.82, 2.24) is 19.9 Å². The first-order valence-corrected chi connectivity index (χ1v) is 17.3. The first kappa shape index (κ1) is 28.9. The Morgan fingerprint density at radius 2 is 1.86 bits per heavy atom. The Balaban J connectivity index is 1.12. The normalized spacial score (nSPS) is 23.9. The molecule has 3 aliphatic rings. The van der Waals surface area contributed by atoms with Gasteiger partial charge in [0.05, 0.1) is 17.0 Å². The van der Waals surface area contributed by atoms with E-state index in [1.54, 1.807) is 6.20 Å². The molecule has 1 atom stereocenters. The van der Waals surface area contributed by atoms with Crippen LogP contribution in [0.25, 0.3) is 22.2 Å². The van der Waals surface area contributed by atoms with E-state index in [2.05, 4.69) is 32.3 Å². The van der Waals surface area contributed by atoms with Gasteiger partial charge in [-0.15, -0.1) is 0 Å². The molecule has 3 aromatic rings. The van der Waals surface area contributed by atoms with E-state index >= 15 is 0 Å². The van der Waals surface area contributed by atoms with Gasteiger partial charge in [0.2, 0.25) is 11.9 Å². The second-order valence-electron chi connectivity index (χ2n) is 12.0. The predicted molar refractivity (Wildman–Crippen MR) is 165 cm³/mol. The third kappa shape index (κ3) is 6.13. The van der Waals surface area contributed by atoms with Gasteiger partial charge in [-0.2, -0.15) is 0 Å². The van der Waals surface area contributed by atoms with Crippen molar-refractivity contribution in [3.8, 4) is 11.3 Å². The van der Waals surface area contributed by atoms with Gasteiger partial charge < -0.3 is 24.8 Å². The van der Waals surface area contributed by atoms with Crippen LogP contribution in [0.4, 0.5) is 11.6 Å². The molecular weight excluding hydrogens is 552 g/mol. The Labute approximate surface area is 248 Å². The van der Waals surface area contributed by atoms with Crippen molar-refractivity contribution >= 4 is 38.3 Å². The number of nitrogens with zero attached hydrogens (tertiary/aromatic N) is 4. The highest BCUT2D eigenvalue weighted by Crippen LogP contribution is 2.37. The zero-order valence-electron chi connectivity index (χ0n) is 24.6. The van der Waals surface area contributed by atoms with Gasteiger partial charge in [0, 0.05) is 85.5 Å². The molecule has 0 bridgehead atoms. The molecule has 226 valence electrons. The quantitative estimate of drug-likeness (QED) is 0.397. The highest BCUT2D eigenvalue weighted by atomic mass is 32.2. The lowest BCUT2D eigenvalue weighted by Gasteiger charge is -2.33. The highest BCUT2D eigenvalue weighted by Gasteiger charge is 2.34. The number of hydrogen-bond acceptors (Lipinski definition) is 8. The van der Waals surface area contributed by atoms with Crippen LogP contribution < -0.4 is 10.2 Å². The molecule has 6 rings (SSSR count). The molecule has 3 fully saturated rings. The molecule has 0 radical (unpaired) electrons. The number of anilines is 2. The van der Waals surface area contributed by atoms with Crippen LogP contribution >= 0.6 is 0 Å². The van der Waals surface area contributed by atoms with Gasteiger partial charge in [-0.05, 0) is 70.1 Å². The summed E-state index contributed by atoms with van der Waals surface area (Å²) in [6.07, 6.45) is 11.1. The number of amides is 1. The molecule has 0 spiro atoms. The van der Waals surface area contributed by atoms with E-state index < -0.39 is 9.84 Å². The average molecular weight is 595 g/mol. The number of benzene rings is 1. The minimum atomic E-state index is -3.03. The number of H-pyrrole nitrogens is 1. The largest absolute Gasteiger partial charge is 0.377 e. The Bertz CT molecular complexity index is 1510. The standard InChI is InChI=1S/C31H42N6O4S/c1-3-41-23-12-16-37(20-23)30(38)21-7-9-22(10-8-21)34-31-32-15-11-26(35-31)25-19-33-27-5-4-6-28(29(25)27)36-17-13-24(14-18-36)42(2,39)40/h4-6,11,15,19,21-24,33H,3,7-10,12-14,16-18,20H2,1-2H3,(H,32,34,35)/t21?,22?,23-/m1/s1. The number of hydrogen-bond donors (Lipinski definition) is 2. The molecular formula is C31H42N6O4S. The molecule has 1 aromatic carbocycles. The van der Waals surface area contributed by atoms with Crippen molar-refractivity contribution < 1.29 is 17.9 Å². The monoisotopic (exact) mass is 594 g/mol. The van der Waals surface area contributed by atoms with E-state index in [4.69, 9.17) is 9.72 Å². The maximum atomic E-state index is 13.1. The van der Waals surface area contributed by atoms with Gasteiger partial charge in [-0.1, -0.05) is 6.07 Å². The van der Waals surface area contributed by atoms with E-state index in [0.717, 1.165) is 73.0 Å². The molecule has 11 heteroatoms. The number of aromatic amines is 1. The lowest BCUT2D eigenvalue weighted by molar-refractivity contribution is -0.136. The lowest BCUT2D eigenvalue weighted by atomic mass is 9.85. The molecule has 1 saturated carbocycles. The van der Waals surface area contributed by atoms with Crippen LogP contribution in [0, 0.1) is 5.92 Å². The maximum Gasteiger partial charge on any atom is 0.225 e. The summed E-state index contributed by atoms with van der Waals surface area (Å²) < 4.78 is 29.9. The van der Waals surface area contributed by atoms with Crippen LogP contribution in [-0.2, 0) is 19.4 Å². The molecule has 1 aliphatic carbocycles. The molecule has 4 heterocycles. The van der Waals surface area contributed by atoms with Crippen LogP contribution in [-0.4, -0.2) is 90.6 Å². The topological polar surface area (TPSA) is 121 Å². The lowest BCUT2D eigenvalue weighted by Crippen LogP contribution is -2.39. The fraction of sp³-hybridized carbons (Fsp3) is 0.581. The first-order valence-electron chi connectivity index (χ1n) is 15.3. The Kier molecular flexibility index (Phi) is 8.40. The minimum absolute atomic E-state index is 0.0859. The van der Waals surface area contributed by atoms with E-state index in [1.807, 2.05) is 30.2 Å². The summed E-state index contributed by atoms with van der Waals surface area (Å²) in [5.41, 5.74) is 3.95. The number of likely N-dealkylation sites (tertiary alicyclic amines) is 1. The number of carbonyl (C=O) groups excluding carboxylic acids is 1. The van der Waals surface area contributed by atoms with E-state index in [0.29, 0.717) is 38.5 Å². The molecule has 2 N–H and O–H groups in total. The zero-order valence-corrected chi connectivity index (χ0v) is 25.4. The number of nitrogens with one attached hydrogen (secondary N) is 2. The summed E-state index contributed by atoms with van der Waals surface area (Å²) in [6.45, 7) is 5.63. The van der Waals surface area contributed by atoms with Crippen LogP contribution in [0.2, 0.25) is 0 Å². The van der Waals surface area contributed by atoms with Crippen molar-refractivity contribution in [1.29, 1.82) is 0 Å².